The van der Waals surface area contributed by atoms with Crippen molar-refractivity contribution < 1.29 is 9.53 Å². The zero-order valence-corrected chi connectivity index (χ0v) is 23.3. The van der Waals surface area contributed by atoms with Gasteiger partial charge < -0.3 is 25.2 Å². The Morgan fingerprint density at radius 2 is 1.92 bits per heavy atom. The molecular formula is C24H31IN10O2. The summed E-state index contributed by atoms with van der Waals surface area (Å²) < 4.78 is 8.69. The molecule has 0 bridgehead atoms. The van der Waals surface area contributed by atoms with Gasteiger partial charge >= 0.3 is 0 Å². The molecule has 0 radical (unpaired) electrons. The monoisotopic (exact) mass is 618 g/mol. The molecule has 3 aromatic rings. The number of morpholine rings is 1. The van der Waals surface area contributed by atoms with Gasteiger partial charge in [-0.05, 0) is 48.3 Å². The highest BCUT2D eigenvalue weighted by Gasteiger charge is 2.32. The van der Waals surface area contributed by atoms with Crippen LogP contribution >= 0.6 is 22.6 Å². The third kappa shape index (κ3) is 4.78. The summed E-state index contributed by atoms with van der Waals surface area (Å²) in [4.78, 5) is 42.2. The summed E-state index contributed by atoms with van der Waals surface area (Å²) in [6.07, 6.45) is 4.12. The van der Waals surface area contributed by atoms with Crippen LogP contribution in [0.25, 0.3) is 22.6 Å². The van der Waals surface area contributed by atoms with Gasteiger partial charge in [-0.2, -0.15) is 0 Å². The van der Waals surface area contributed by atoms with E-state index in [2.05, 4.69) is 53.8 Å². The standard InChI is InChI=1S/C24H31IN10O2/c1-14-13-37-10-9-34(14)21-18-22(31-20(30-21)17-11-27-23(26)29-19(17)25)35(12-16-3-4-16)24(28-18)33-7-5-32(6-8-33)15(2)36/h11,14,16H,3-10,12-13H2,1-2H3,(H2,26,27,29)/t14-/m0/s1. The molecule has 3 aliphatic rings. The lowest BCUT2D eigenvalue weighted by Gasteiger charge is -2.35. The lowest BCUT2D eigenvalue weighted by Crippen LogP contribution is -2.48. The minimum Gasteiger partial charge on any atom is -0.377 e. The molecule has 0 spiro atoms. The average Bonchev–Trinajstić information content (AvgIpc) is 3.63. The van der Waals surface area contributed by atoms with Crippen LogP contribution in [-0.2, 0) is 16.1 Å². The number of imidazole rings is 1. The van der Waals surface area contributed by atoms with Crippen LogP contribution in [0.15, 0.2) is 6.20 Å². The SMILES string of the molecule is CC(=O)N1CCN(c2nc3c(N4CCOC[C@@H]4C)nc(-c4cnc(N)nc4I)nc3n2CC2CC2)CC1. The maximum absolute atomic E-state index is 11.9. The molecule has 3 fully saturated rings. The summed E-state index contributed by atoms with van der Waals surface area (Å²) in [5.74, 6) is 3.24. The Balaban J connectivity index is 1.51. The highest BCUT2D eigenvalue weighted by Crippen LogP contribution is 2.37. The molecular weight excluding hydrogens is 587 g/mol. The highest BCUT2D eigenvalue weighted by molar-refractivity contribution is 14.1. The third-order valence-corrected chi connectivity index (χ3v) is 8.17. The van der Waals surface area contributed by atoms with Crippen LogP contribution in [0.1, 0.15) is 26.7 Å². The van der Waals surface area contributed by atoms with Crippen molar-refractivity contribution in [2.45, 2.75) is 39.3 Å². The maximum Gasteiger partial charge on any atom is 0.220 e. The number of hydrogen-bond donors (Lipinski definition) is 1. The lowest BCUT2D eigenvalue weighted by atomic mass is 10.2. The molecule has 13 heteroatoms. The topological polar surface area (TPSA) is 131 Å². The van der Waals surface area contributed by atoms with E-state index in [4.69, 9.17) is 25.4 Å². The second kappa shape index (κ2) is 9.82. The average molecular weight is 618 g/mol. The van der Waals surface area contributed by atoms with Gasteiger partial charge in [0.1, 0.15) is 3.70 Å². The number of anilines is 3. The van der Waals surface area contributed by atoms with E-state index in [1.165, 1.54) is 12.8 Å². The molecule has 5 heterocycles. The number of nitrogen functional groups attached to an aromatic ring is 1. The zero-order valence-electron chi connectivity index (χ0n) is 21.1. The van der Waals surface area contributed by atoms with E-state index < -0.39 is 0 Å². The Morgan fingerprint density at radius 3 is 2.59 bits per heavy atom. The van der Waals surface area contributed by atoms with Crippen LogP contribution in [0, 0.1) is 9.62 Å². The third-order valence-electron chi connectivity index (χ3n) is 7.34. The summed E-state index contributed by atoms with van der Waals surface area (Å²) in [6, 6.07) is 0.151. The summed E-state index contributed by atoms with van der Waals surface area (Å²) >= 11 is 2.16. The van der Waals surface area contributed by atoms with Gasteiger partial charge in [0.2, 0.25) is 17.8 Å². The first-order valence-electron chi connectivity index (χ1n) is 12.8. The van der Waals surface area contributed by atoms with Crippen LogP contribution in [0.2, 0.25) is 0 Å². The minimum atomic E-state index is 0.116. The number of halogens is 1. The molecule has 12 nitrogen and oxygen atoms in total. The Labute approximate surface area is 228 Å². The Kier molecular flexibility index (Phi) is 6.51. The fourth-order valence-corrected chi connectivity index (χ4v) is 5.68. The first kappa shape index (κ1) is 24.5. The normalized spacial score (nSPS) is 20.6. The van der Waals surface area contributed by atoms with Gasteiger partial charge in [-0.1, -0.05) is 0 Å². The van der Waals surface area contributed by atoms with Gasteiger partial charge in [-0.3, -0.25) is 9.36 Å². The first-order chi connectivity index (χ1) is 17.9. The summed E-state index contributed by atoms with van der Waals surface area (Å²) in [7, 11) is 0. The summed E-state index contributed by atoms with van der Waals surface area (Å²) in [6.45, 7) is 9.48. The Bertz CT molecular complexity index is 1330. The number of aromatic nitrogens is 6. The van der Waals surface area contributed by atoms with Crippen molar-refractivity contribution in [1.29, 1.82) is 0 Å². The maximum atomic E-state index is 11.9. The minimum absolute atomic E-state index is 0.116. The van der Waals surface area contributed by atoms with Gasteiger partial charge in [-0.25, -0.2) is 24.9 Å². The van der Waals surface area contributed by atoms with Gasteiger partial charge in [-0.15, -0.1) is 0 Å². The largest absolute Gasteiger partial charge is 0.377 e. The van der Waals surface area contributed by atoms with Crippen molar-refractivity contribution >= 4 is 57.4 Å². The number of hydrogen-bond acceptors (Lipinski definition) is 10. The zero-order chi connectivity index (χ0) is 25.7. The molecule has 37 heavy (non-hydrogen) atoms. The molecule has 6 rings (SSSR count). The number of piperazine rings is 1. The van der Waals surface area contributed by atoms with Gasteiger partial charge in [0.25, 0.3) is 0 Å². The fraction of sp³-hybridized carbons (Fsp3) is 0.583. The molecule has 2 N–H and O–H groups in total. The van der Waals surface area contributed by atoms with Crippen molar-refractivity contribution in [3.05, 3.63) is 9.90 Å². The second-order valence-corrected chi connectivity index (χ2v) is 11.1. The van der Waals surface area contributed by atoms with Crippen LogP contribution in [0.3, 0.4) is 0 Å². The van der Waals surface area contributed by atoms with Gasteiger partial charge in [0, 0.05) is 52.4 Å². The lowest BCUT2D eigenvalue weighted by molar-refractivity contribution is -0.129. The van der Waals surface area contributed by atoms with Crippen molar-refractivity contribution in [1.82, 2.24) is 34.4 Å². The van der Waals surface area contributed by atoms with Crippen LogP contribution in [-0.4, -0.2) is 92.3 Å². The van der Waals surface area contributed by atoms with Crippen molar-refractivity contribution in [3.8, 4) is 11.4 Å². The molecule has 196 valence electrons. The second-order valence-electron chi connectivity index (χ2n) is 10.1. The highest BCUT2D eigenvalue weighted by atomic mass is 127. The molecule has 3 aromatic heterocycles. The number of ether oxygens (including phenoxy) is 1. The molecule has 1 amide bonds. The fourth-order valence-electron chi connectivity index (χ4n) is 5.05. The molecule has 1 saturated carbocycles. The van der Waals surface area contributed by atoms with Crippen molar-refractivity contribution in [2.24, 2.45) is 5.92 Å². The van der Waals surface area contributed by atoms with E-state index in [-0.39, 0.29) is 17.9 Å². The molecule has 0 aromatic carbocycles. The number of carbonyl (C=O) groups excluding carboxylic acids is 1. The van der Waals surface area contributed by atoms with Crippen LogP contribution < -0.4 is 15.5 Å². The predicted octanol–water partition coefficient (Wildman–Crippen LogP) is 1.77. The predicted molar refractivity (Wildman–Crippen MR) is 148 cm³/mol. The van der Waals surface area contributed by atoms with Gasteiger partial charge in [0.05, 0.1) is 24.8 Å². The molecule has 2 aliphatic heterocycles. The van der Waals surface area contributed by atoms with E-state index >= 15 is 0 Å². The van der Waals surface area contributed by atoms with E-state index in [1.54, 1.807) is 13.1 Å². The molecule has 1 atom stereocenters. The number of fused-ring (bicyclic) bond motifs is 1. The van der Waals surface area contributed by atoms with Crippen molar-refractivity contribution in [3.63, 3.8) is 0 Å². The number of nitrogens with two attached hydrogens (primary N) is 1. The first-order valence-corrected chi connectivity index (χ1v) is 13.9. The molecule has 1 aliphatic carbocycles. The van der Waals surface area contributed by atoms with Crippen LogP contribution in [0.4, 0.5) is 17.7 Å². The van der Waals surface area contributed by atoms with E-state index in [0.29, 0.717) is 41.7 Å². The Morgan fingerprint density at radius 1 is 1.14 bits per heavy atom. The van der Waals surface area contributed by atoms with Crippen molar-refractivity contribution in [2.75, 3.05) is 61.5 Å². The Hall–Kier alpha value is -2.81. The van der Waals surface area contributed by atoms with E-state index in [1.807, 2.05) is 4.90 Å². The number of carbonyl (C=O) groups is 1. The van der Waals surface area contributed by atoms with Crippen LogP contribution in [0.5, 0.6) is 0 Å². The summed E-state index contributed by atoms with van der Waals surface area (Å²) in [5.41, 5.74) is 8.19. The molecule has 0 unspecified atom stereocenters. The number of nitrogens with zero attached hydrogens (tertiary/aromatic N) is 9. The number of rotatable bonds is 5. The summed E-state index contributed by atoms with van der Waals surface area (Å²) in [5, 5.41) is 0. The quantitative estimate of drug-likeness (QED) is 0.334. The smallest absolute Gasteiger partial charge is 0.220 e. The number of amides is 1. The van der Waals surface area contributed by atoms with E-state index in [0.717, 1.165) is 54.7 Å². The van der Waals surface area contributed by atoms with E-state index in [9.17, 15) is 4.79 Å². The van der Waals surface area contributed by atoms with Gasteiger partial charge in [0.15, 0.2) is 22.8 Å². The molecule has 2 saturated heterocycles.